The Morgan fingerprint density at radius 2 is 2.00 bits per heavy atom. The predicted octanol–water partition coefficient (Wildman–Crippen LogP) is 4.97. The van der Waals surface area contributed by atoms with Gasteiger partial charge in [0.05, 0.1) is 29.2 Å². The van der Waals surface area contributed by atoms with E-state index < -0.39 is 0 Å². The molecule has 1 aliphatic rings. The molecule has 4 rings (SSSR count). The van der Waals surface area contributed by atoms with Crippen molar-refractivity contribution in [1.82, 2.24) is 9.88 Å². The number of nitrogens with zero attached hydrogens (tertiary/aromatic N) is 3. The van der Waals surface area contributed by atoms with Gasteiger partial charge in [-0.25, -0.2) is 4.98 Å². The van der Waals surface area contributed by atoms with Gasteiger partial charge < -0.3 is 4.74 Å². The molecule has 0 saturated carbocycles. The van der Waals surface area contributed by atoms with Crippen molar-refractivity contribution in [3.63, 3.8) is 0 Å². The highest BCUT2D eigenvalue weighted by molar-refractivity contribution is 8.00. The number of rotatable bonds is 8. The van der Waals surface area contributed by atoms with E-state index in [2.05, 4.69) is 30.0 Å². The largest absolute Gasteiger partial charge is 0.379 e. The van der Waals surface area contributed by atoms with Gasteiger partial charge in [-0.2, -0.15) is 0 Å². The van der Waals surface area contributed by atoms with Crippen LogP contribution in [0.1, 0.15) is 12.5 Å². The van der Waals surface area contributed by atoms with Crippen molar-refractivity contribution in [2.24, 2.45) is 0 Å². The topological polar surface area (TPSA) is 45.7 Å². The maximum Gasteiger partial charge on any atom is 0.239 e. The molecule has 1 aromatic heterocycles. The fourth-order valence-corrected chi connectivity index (χ4v) is 5.41. The summed E-state index contributed by atoms with van der Waals surface area (Å²) in [5.41, 5.74) is 2.24. The number of thioether (sulfide) groups is 1. The Labute approximate surface area is 196 Å². The molecule has 8 heteroatoms. The average Bonchev–Trinajstić information content (AvgIpc) is 3.22. The highest BCUT2D eigenvalue weighted by atomic mass is 35.5. The van der Waals surface area contributed by atoms with E-state index in [-0.39, 0.29) is 5.91 Å². The number of thiazole rings is 1. The van der Waals surface area contributed by atoms with Crippen LogP contribution >= 0.6 is 34.7 Å². The number of carbonyl (C=O) groups is 1. The molecule has 0 atom stereocenters. The molecule has 5 nitrogen and oxygen atoms in total. The number of hydrogen-bond donors (Lipinski definition) is 0. The minimum Gasteiger partial charge on any atom is -0.379 e. The molecule has 0 N–H and O–H groups in total. The normalized spacial score (nSPS) is 14.8. The van der Waals surface area contributed by atoms with E-state index in [0.717, 1.165) is 59.5 Å². The standard InChI is InChI=1S/C23H26ClN3O2S2/c1-2-17-3-8-20-21(15-17)31-23(25-20)27(10-9-26-11-13-29-14-12-26)22(28)16-30-19-6-4-18(24)5-7-19/h3-8,15H,2,9-14,16H2,1H3. The van der Waals surface area contributed by atoms with Gasteiger partial charge in [0.2, 0.25) is 5.91 Å². The second-order valence-electron chi connectivity index (χ2n) is 7.39. The summed E-state index contributed by atoms with van der Waals surface area (Å²) in [6, 6.07) is 13.9. The highest BCUT2D eigenvalue weighted by Gasteiger charge is 2.22. The van der Waals surface area contributed by atoms with E-state index in [1.165, 1.54) is 17.3 Å². The lowest BCUT2D eigenvalue weighted by Crippen LogP contribution is -2.43. The molecule has 0 bridgehead atoms. The fraction of sp³-hybridized carbons (Fsp3) is 0.391. The maximum absolute atomic E-state index is 13.3. The molecule has 0 spiro atoms. The second kappa shape index (κ2) is 10.8. The van der Waals surface area contributed by atoms with Gasteiger partial charge in [0, 0.05) is 36.1 Å². The molecule has 1 amide bonds. The van der Waals surface area contributed by atoms with Crippen molar-refractivity contribution < 1.29 is 9.53 Å². The SMILES string of the molecule is CCc1ccc2nc(N(CCN3CCOCC3)C(=O)CSc3ccc(Cl)cc3)sc2c1. The van der Waals surface area contributed by atoms with Crippen LogP contribution in [0.15, 0.2) is 47.4 Å². The molecule has 0 aliphatic carbocycles. The maximum atomic E-state index is 13.3. The molecule has 3 aromatic rings. The zero-order chi connectivity index (χ0) is 21.6. The van der Waals surface area contributed by atoms with E-state index in [1.807, 2.05) is 29.2 Å². The Balaban J connectivity index is 1.51. The summed E-state index contributed by atoms with van der Waals surface area (Å²) in [5.74, 6) is 0.434. The summed E-state index contributed by atoms with van der Waals surface area (Å²) in [4.78, 5) is 23.3. The summed E-state index contributed by atoms with van der Waals surface area (Å²) in [7, 11) is 0. The van der Waals surface area contributed by atoms with Crippen molar-refractivity contribution in [3.05, 3.63) is 53.1 Å². The number of morpholine rings is 1. The van der Waals surface area contributed by atoms with Gasteiger partial charge in [-0.15, -0.1) is 11.8 Å². The average molecular weight is 476 g/mol. The number of amides is 1. The molecule has 0 unspecified atom stereocenters. The van der Waals surface area contributed by atoms with Crippen LogP contribution in [-0.2, 0) is 16.0 Å². The molecule has 164 valence electrons. The zero-order valence-electron chi connectivity index (χ0n) is 17.6. The summed E-state index contributed by atoms with van der Waals surface area (Å²) in [6.45, 7) is 6.90. The Morgan fingerprint density at radius 1 is 1.23 bits per heavy atom. The van der Waals surface area contributed by atoms with Gasteiger partial charge >= 0.3 is 0 Å². The van der Waals surface area contributed by atoms with E-state index in [4.69, 9.17) is 21.3 Å². The first-order chi connectivity index (χ1) is 15.1. The minimum absolute atomic E-state index is 0.0722. The lowest BCUT2D eigenvalue weighted by molar-refractivity contribution is -0.116. The third-order valence-electron chi connectivity index (χ3n) is 5.30. The number of aromatic nitrogens is 1. The van der Waals surface area contributed by atoms with Crippen molar-refractivity contribution >= 4 is 56.0 Å². The zero-order valence-corrected chi connectivity index (χ0v) is 19.9. The van der Waals surface area contributed by atoms with E-state index in [9.17, 15) is 4.79 Å². The van der Waals surface area contributed by atoms with Gasteiger partial charge in [-0.05, 0) is 48.4 Å². The van der Waals surface area contributed by atoms with E-state index in [1.54, 1.807) is 11.3 Å². The molecular weight excluding hydrogens is 450 g/mol. The van der Waals surface area contributed by atoms with Crippen LogP contribution < -0.4 is 4.90 Å². The summed E-state index contributed by atoms with van der Waals surface area (Å²) >= 11 is 9.10. The summed E-state index contributed by atoms with van der Waals surface area (Å²) < 4.78 is 6.58. The number of halogens is 1. The fourth-order valence-electron chi connectivity index (χ4n) is 3.44. The summed E-state index contributed by atoms with van der Waals surface area (Å²) in [5, 5.41) is 1.47. The number of anilines is 1. The molecule has 2 aromatic carbocycles. The minimum atomic E-state index is 0.0722. The second-order valence-corrected chi connectivity index (χ2v) is 9.89. The third-order valence-corrected chi connectivity index (χ3v) is 7.59. The monoisotopic (exact) mass is 475 g/mol. The quantitative estimate of drug-likeness (QED) is 0.430. The van der Waals surface area contributed by atoms with Crippen LogP contribution in [0.2, 0.25) is 5.02 Å². The van der Waals surface area contributed by atoms with Gasteiger partial charge in [-0.1, -0.05) is 35.9 Å². The van der Waals surface area contributed by atoms with Crippen LogP contribution in [0.4, 0.5) is 5.13 Å². The Morgan fingerprint density at radius 3 is 2.74 bits per heavy atom. The Bertz CT molecular complexity index is 1020. The van der Waals surface area contributed by atoms with Crippen molar-refractivity contribution in [2.75, 3.05) is 50.0 Å². The molecule has 2 heterocycles. The van der Waals surface area contributed by atoms with Crippen LogP contribution in [0, 0.1) is 0 Å². The molecule has 1 aliphatic heterocycles. The van der Waals surface area contributed by atoms with Crippen molar-refractivity contribution in [2.45, 2.75) is 18.2 Å². The smallest absolute Gasteiger partial charge is 0.239 e. The van der Waals surface area contributed by atoms with Crippen molar-refractivity contribution in [3.8, 4) is 0 Å². The number of fused-ring (bicyclic) bond motifs is 1. The number of hydrogen-bond acceptors (Lipinski definition) is 6. The van der Waals surface area contributed by atoms with Gasteiger partial charge in [0.15, 0.2) is 5.13 Å². The molecule has 0 radical (unpaired) electrons. The van der Waals surface area contributed by atoms with Gasteiger partial charge in [-0.3, -0.25) is 14.6 Å². The predicted molar refractivity (Wildman–Crippen MR) is 131 cm³/mol. The molecule has 31 heavy (non-hydrogen) atoms. The summed E-state index contributed by atoms with van der Waals surface area (Å²) in [6.07, 6.45) is 0.987. The van der Waals surface area contributed by atoms with E-state index in [0.29, 0.717) is 17.3 Å². The molecular formula is C23H26ClN3O2S2. The number of aryl methyl sites for hydroxylation is 1. The van der Waals surface area contributed by atoms with Gasteiger partial charge in [0.25, 0.3) is 0 Å². The molecule has 1 saturated heterocycles. The lowest BCUT2D eigenvalue weighted by Gasteiger charge is -2.29. The first-order valence-corrected chi connectivity index (χ1v) is 12.7. The van der Waals surface area contributed by atoms with Crippen LogP contribution in [0.5, 0.6) is 0 Å². The van der Waals surface area contributed by atoms with Crippen LogP contribution in [0.25, 0.3) is 10.2 Å². The van der Waals surface area contributed by atoms with Crippen molar-refractivity contribution in [1.29, 1.82) is 0 Å². The van der Waals surface area contributed by atoms with Gasteiger partial charge in [0.1, 0.15) is 0 Å². The first kappa shape index (κ1) is 22.6. The lowest BCUT2D eigenvalue weighted by atomic mass is 10.2. The van der Waals surface area contributed by atoms with E-state index >= 15 is 0 Å². The number of carbonyl (C=O) groups excluding carboxylic acids is 1. The number of ether oxygens (including phenoxy) is 1. The third kappa shape index (κ3) is 5.99. The van der Waals surface area contributed by atoms with Crippen LogP contribution in [0.3, 0.4) is 0 Å². The molecule has 1 fully saturated rings. The Kier molecular flexibility index (Phi) is 7.85. The Hall–Kier alpha value is -1.64. The first-order valence-electron chi connectivity index (χ1n) is 10.5. The number of benzene rings is 2. The van der Waals surface area contributed by atoms with Crippen LogP contribution in [-0.4, -0.2) is 60.9 Å². The highest BCUT2D eigenvalue weighted by Crippen LogP contribution is 2.31.